The van der Waals surface area contributed by atoms with Crippen LogP contribution in [0, 0.1) is 18.3 Å². The normalized spacial score (nSPS) is 22.0. The van der Waals surface area contributed by atoms with Crippen molar-refractivity contribution in [3.63, 3.8) is 0 Å². The lowest BCUT2D eigenvalue weighted by atomic mass is 9.63. The number of likely N-dealkylation sites (tertiary alicyclic amines) is 1. The fourth-order valence-electron chi connectivity index (χ4n) is 10.3. The van der Waals surface area contributed by atoms with Crippen molar-refractivity contribution in [3.8, 4) is 0 Å². The fraction of sp³-hybridized carbons (Fsp3) is 0.523. The lowest BCUT2D eigenvalue weighted by Crippen LogP contribution is -2.52. The summed E-state index contributed by atoms with van der Waals surface area (Å²) in [6.07, 6.45) is 11.9. The number of fused-ring (bicyclic) bond motifs is 1. The van der Waals surface area contributed by atoms with Crippen LogP contribution in [0.3, 0.4) is 0 Å². The minimum Gasteiger partial charge on any atom is -0.372 e. The lowest BCUT2D eigenvalue weighted by molar-refractivity contribution is -0.133. The molecule has 2 aliphatic carbocycles. The maximum absolute atomic E-state index is 13.9. The summed E-state index contributed by atoms with van der Waals surface area (Å²) in [7, 11) is -3.50. The first-order valence-corrected chi connectivity index (χ1v) is 23.7. The highest BCUT2D eigenvalue weighted by molar-refractivity contribution is 7.92. The van der Waals surface area contributed by atoms with Crippen LogP contribution in [0.1, 0.15) is 88.7 Å². The van der Waals surface area contributed by atoms with Crippen LogP contribution in [0.4, 0.5) is 23.0 Å². The summed E-state index contributed by atoms with van der Waals surface area (Å²) < 4.78 is 29.5. The predicted molar refractivity (Wildman–Crippen MR) is 235 cm³/mol. The van der Waals surface area contributed by atoms with E-state index in [1.807, 2.05) is 25.1 Å². The first-order valence-electron chi connectivity index (χ1n) is 21.4. The molecule has 3 N–H and O–H groups in total. The second-order valence-corrected chi connectivity index (χ2v) is 20.8. The van der Waals surface area contributed by atoms with Crippen molar-refractivity contribution in [2.75, 3.05) is 48.3 Å². The van der Waals surface area contributed by atoms with Gasteiger partial charge in [0.1, 0.15) is 16.7 Å². The topological polar surface area (TPSA) is 159 Å². The molecule has 2 amide bonds. The standard InChI is InChI=1S/C44H52Cl2N8O5S/c1-27-21-31(9-10-34(27)49-43-47-25-29-22-33(45)42(57)54(40(29)51-43)30-5-2-3-6-30)60(58,59)32-23-44(24-32)15-19-52(20-16-44)26-28-13-17-53(18-14-28)37-8-4-7-35(39(37)46)48-36-11-12-38(55)50-41(36)56/h4,7-10,21-22,25,28,30,32,36,48H,2-3,5-6,11-20,23-24,26H2,1H3,(H,47,49,51)(H,50,55,56). The predicted octanol–water partition coefficient (Wildman–Crippen LogP) is 7.42. The van der Waals surface area contributed by atoms with E-state index in [1.165, 1.54) is 0 Å². The second kappa shape index (κ2) is 16.6. The molecule has 1 unspecified atom stereocenters. The monoisotopic (exact) mass is 874 g/mol. The average Bonchev–Trinajstić information content (AvgIpc) is 3.75. The lowest BCUT2D eigenvalue weighted by Gasteiger charge is -2.52. The molecule has 4 aromatic rings. The first kappa shape index (κ1) is 41.1. The Morgan fingerprint density at radius 2 is 1.67 bits per heavy atom. The van der Waals surface area contributed by atoms with Gasteiger partial charge in [0.15, 0.2) is 9.84 Å². The fourth-order valence-corrected chi connectivity index (χ4v) is 12.9. The number of imide groups is 1. The number of carbonyl (C=O) groups excluding carboxylic acids is 2. The van der Waals surface area contributed by atoms with Gasteiger partial charge in [-0.1, -0.05) is 42.1 Å². The summed E-state index contributed by atoms with van der Waals surface area (Å²) >= 11 is 13.2. The Hall–Kier alpha value is -4.24. The molecule has 2 saturated carbocycles. The molecule has 16 heteroatoms. The van der Waals surface area contributed by atoms with Crippen LogP contribution < -0.4 is 26.4 Å². The maximum atomic E-state index is 13.9. The third kappa shape index (κ3) is 8.12. The molecular weight excluding hydrogens is 824 g/mol. The van der Waals surface area contributed by atoms with Gasteiger partial charge in [-0.15, -0.1) is 0 Å². The SMILES string of the molecule is Cc1cc(S(=O)(=O)C2CC3(CCN(CC4CCN(c5cccc(NC6CCC(=O)NC6=O)c5Cl)CC4)CC3)C2)ccc1Nc1ncc2cc(Cl)c(=O)n(C3CCCC3)c2n1. The molecule has 5 heterocycles. The smallest absolute Gasteiger partial charge is 0.271 e. The molecule has 3 saturated heterocycles. The van der Waals surface area contributed by atoms with E-state index in [-0.39, 0.29) is 39.1 Å². The van der Waals surface area contributed by atoms with Crippen molar-refractivity contribution in [2.24, 2.45) is 11.3 Å². The number of aromatic nitrogens is 3. The summed E-state index contributed by atoms with van der Waals surface area (Å²) in [5.41, 5.74) is 3.54. The Labute approximate surface area is 360 Å². The van der Waals surface area contributed by atoms with Crippen molar-refractivity contribution in [1.82, 2.24) is 24.8 Å². The minimum absolute atomic E-state index is 0.0536. The quantitative estimate of drug-likeness (QED) is 0.136. The number of nitrogens with one attached hydrogen (secondary N) is 3. The van der Waals surface area contributed by atoms with Gasteiger partial charge in [0.2, 0.25) is 17.8 Å². The summed E-state index contributed by atoms with van der Waals surface area (Å²) in [4.78, 5) is 51.4. The van der Waals surface area contributed by atoms with Gasteiger partial charge >= 0.3 is 0 Å². The van der Waals surface area contributed by atoms with Crippen molar-refractivity contribution in [3.05, 3.63) is 74.6 Å². The number of anilines is 4. The molecule has 3 aliphatic heterocycles. The van der Waals surface area contributed by atoms with E-state index in [4.69, 9.17) is 28.2 Å². The van der Waals surface area contributed by atoms with Crippen LogP contribution in [0.2, 0.25) is 10.0 Å². The van der Waals surface area contributed by atoms with E-state index >= 15 is 0 Å². The van der Waals surface area contributed by atoms with Crippen LogP contribution in [0.15, 0.2) is 58.4 Å². The van der Waals surface area contributed by atoms with E-state index in [9.17, 15) is 22.8 Å². The van der Waals surface area contributed by atoms with Crippen molar-refractivity contribution >= 4 is 78.9 Å². The number of rotatable bonds is 10. The minimum atomic E-state index is -3.50. The van der Waals surface area contributed by atoms with Crippen LogP contribution in [-0.4, -0.2) is 83.7 Å². The highest BCUT2D eigenvalue weighted by Gasteiger charge is 2.51. The van der Waals surface area contributed by atoms with Gasteiger partial charge in [-0.05, 0) is 131 Å². The Kier molecular flexibility index (Phi) is 11.4. The van der Waals surface area contributed by atoms with Gasteiger partial charge in [-0.25, -0.2) is 13.4 Å². The summed E-state index contributed by atoms with van der Waals surface area (Å²) in [6.45, 7) is 6.72. The molecule has 2 aromatic carbocycles. The molecule has 5 aliphatic rings. The maximum Gasteiger partial charge on any atom is 0.271 e. The molecule has 60 heavy (non-hydrogen) atoms. The number of hydrogen-bond donors (Lipinski definition) is 3. The molecule has 0 radical (unpaired) electrons. The molecule has 5 fully saturated rings. The summed E-state index contributed by atoms with van der Waals surface area (Å²) in [5.74, 6) is 0.356. The van der Waals surface area contributed by atoms with E-state index in [0.29, 0.717) is 69.9 Å². The van der Waals surface area contributed by atoms with Gasteiger partial charge in [0.25, 0.3) is 5.56 Å². The number of amides is 2. The molecule has 2 aromatic heterocycles. The summed E-state index contributed by atoms with van der Waals surface area (Å²) in [6, 6.07) is 12.2. The zero-order valence-electron chi connectivity index (χ0n) is 33.9. The molecule has 1 atom stereocenters. The highest BCUT2D eigenvalue weighted by Crippen LogP contribution is 2.53. The van der Waals surface area contributed by atoms with Crippen LogP contribution in [0.25, 0.3) is 11.0 Å². The van der Waals surface area contributed by atoms with Gasteiger partial charge in [0.05, 0.1) is 26.5 Å². The first-order chi connectivity index (χ1) is 28.9. The molecule has 9 rings (SSSR count). The van der Waals surface area contributed by atoms with Crippen molar-refractivity contribution < 1.29 is 18.0 Å². The average molecular weight is 876 g/mol. The number of halogens is 2. The number of piperidine rings is 3. The van der Waals surface area contributed by atoms with Gasteiger partial charge < -0.3 is 20.4 Å². The Bertz CT molecular complexity index is 2490. The number of hydrogen-bond acceptors (Lipinski definition) is 11. The van der Waals surface area contributed by atoms with Crippen molar-refractivity contribution in [1.29, 1.82) is 0 Å². The largest absolute Gasteiger partial charge is 0.372 e. The van der Waals surface area contributed by atoms with Gasteiger partial charge in [-0.2, -0.15) is 4.98 Å². The summed E-state index contributed by atoms with van der Waals surface area (Å²) in [5, 5.41) is 9.98. The Morgan fingerprint density at radius 1 is 0.917 bits per heavy atom. The number of sulfone groups is 1. The molecule has 13 nitrogen and oxygen atoms in total. The molecule has 0 bridgehead atoms. The van der Waals surface area contributed by atoms with E-state index in [1.54, 1.807) is 35.0 Å². The third-order valence-corrected chi connectivity index (χ3v) is 16.7. The Balaban J connectivity index is 0.760. The molecular formula is C44H52Cl2N8O5S. The highest BCUT2D eigenvalue weighted by atomic mass is 35.5. The zero-order chi connectivity index (χ0) is 41.8. The van der Waals surface area contributed by atoms with Gasteiger partial charge in [0, 0.05) is 49.4 Å². The van der Waals surface area contributed by atoms with E-state index < -0.39 is 15.9 Å². The molecule has 1 spiro atoms. The second-order valence-electron chi connectivity index (χ2n) is 17.8. The number of benzene rings is 2. The van der Waals surface area contributed by atoms with Crippen LogP contribution in [-0.2, 0) is 19.4 Å². The van der Waals surface area contributed by atoms with Crippen LogP contribution >= 0.6 is 23.2 Å². The Morgan fingerprint density at radius 3 is 2.38 bits per heavy atom. The number of aryl methyl sites for hydroxylation is 1. The van der Waals surface area contributed by atoms with E-state index in [0.717, 1.165) is 95.3 Å². The number of pyridine rings is 1. The van der Waals surface area contributed by atoms with Crippen LogP contribution in [0.5, 0.6) is 0 Å². The number of carbonyl (C=O) groups is 2. The van der Waals surface area contributed by atoms with Gasteiger partial charge in [-0.3, -0.25) is 24.3 Å². The van der Waals surface area contributed by atoms with Crippen molar-refractivity contribution in [2.45, 2.75) is 106 Å². The zero-order valence-corrected chi connectivity index (χ0v) is 36.2. The molecule has 318 valence electrons. The number of nitrogens with zero attached hydrogens (tertiary/aromatic N) is 5. The van der Waals surface area contributed by atoms with E-state index in [2.05, 4.69) is 30.7 Å². The third-order valence-electron chi connectivity index (χ3n) is 13.9.